The minimum atomic E-state index is -0.476. The Morgan fingerprint density at radius 1 is 1.32 bits per heavy atom. The van der Waals surface area contributed by atoms with Crippen molar-refractivity contribution in [2.75, 3.05) is 6.61 Å². The summed E-state index contributed by atoms with van der Waals surface area (Å²) >= 11 is 1.64. The first-order chi connectivity index (χ1) is 10.4. The second kappa shape index (κ2) is 6.92. The van der Waals surface area contributed by atoms with E-state index in [1.807, 2.05) is 45.0 Å². The lowest BCUT2D eigenvalue weighted by Gasteiger charge is -2.19. The van der Waals surface area contributed by atoms with Crippen molar-refractivity contribution in [1.29, 1.82) is 0 Å². The highest BCUT2D eigenvalue weighted by molar-refractivity contribution is 7.09. The molecule has 2 aromatic rings. The molecule has 0 saturated heterocycles. The van der Waals surface area contributed by atoms with Gasteiger partial charge in [0.05, 0.1) is 17.3 Å². The number of rotatable bonds is 7. The molecule has 1 aromatic heterocycles. The summed E-state index contributed by atoms with van der Waals surface area (Å²) in [4.78, 5) is 15.7. The predicted octanol–water partition coefficient (Wildman–Crippen LogP) is 3.79. The van der Waals surface area contributed by atoms with Crippen LogP contribution in [0.25, 0.3) is 11.3 Å². The number of benzene rings is 1. The molecule has 0 saturated carbocycles. The van der Waals surface area contributed by atoms with Crippen molar-refractivity contribution < 1.29 is 9.53 Å². The van der Waals surface area contributed by atoms with E-state index in [4.69, 9.17) is 10.5 Å². The van der Waals surface area contributed by atoms with Crippen LogP contribution in [0.1, 0.15) is 31.7 Å². The number of aryl methyl sites for hydroxylation is 1. The second-order valence-electron chi connectivity index (χ2n) is 5.98. The highest BCUT2D eigenvalue weighted by Crippen LogP contribution is 2.25. The van der Waals surface area contributed by atoms with Gasteiger partial charge in [0.25, 0.3) is 0 Å². The van der Waals surface area contributed by atoms with Crippen LogP contribution in [-0.4, -0.2) is 17.5 Å². The zero-order valence-corrected chi connectivity index (χ0v) is 14.1. The first-order valence-electron chi connectivity index (χ1n) is 7.34. The summed E-state index contributed by atoms with van der Waals surface area (Å²) in [6, 6.07) is 7.92. The quantitative estimate of drug-likeness (QED) is 0.790. The molecule has 0 atom stereocenters. The van der Waals surface area contributed by atoms with Crippen LogP contribution in [0.4, 0.5) is 0 Å². The van der Waals surface area contributed by atoms with E-state index in [0.717, 1.165) is 34.9 Å². The fourth-order valence-corrected chi connectivity index (χ4v) is 2.67. The molecule has 0 unspecified atom stereocenters. The van der Waals surface area contributed by atoms with Gasteiger partial charge in [0.1, 0.15) is 5.75 Å². The zero-order valence-electron chi connectivity index (χ0n) is 13.3. The highest BCUT2D eigenvalue weighted by Gasteiger charge is 2.23. The van der Waals surface area contributed by atoms with Gasteiger partial charge in [0.2, 0.25) is 5.91 Å². The molecule has 118 valence electrons. The first kappa shape index (κ1) is 16.5. The van der Waals surface area contributed by atoms with Crippen molar-refractivity contribution in [2.45, 2.75) is 33.6 Å². The number of carbonyl (C=O) groups is 1. The van der Waals surface area contributed by atoms with E-state index in [1.165, 1.54) is 0 Å². The van der Waals surface area contributed by atoms with Gasteiger partial charge in [-0.05, 0) is 44.0 Å². The number of carbonyl (C=O) groups excluding carboxylic acids is 1. The van der Waals surface area contributed by atoms with Gasteiger partial charge in [-0.1, -0.05) is 13.8 Å². The van der Waals surface area contributed by atoms with Crippen LogP contribution in [0.2, 0.25) is 0 Å². The number of ether oxygens (including phenoxy) is 1. The summed E-state index contributed by atoms with van der Waals surface area (Å²) in [6.07, 6.45) is 1.52. The molecule has 1 aromatic carbocycles. The average molecular weight is 318 g/mol. The van der Waals surface area contributed by atoms with E-state index in [0.29, 0.717) is 6.61 Å². The van der Waals surface area contributed by atoms with Crippen LogP contribution in [0.3, 0.4) is 0 Å². The van der Waals surface area contributed by atoms with Crippen LogP contribution in [-0.2, 0) is 4.79 Å². The third-order valence-electron chi connectivity index (χ3n) is 3.65. The van der Waals surface area contributed by atoms with Gasteiger partial charge in [-0.2, -0.15) is 0 Å². The standard InChI is InChI=1S/C17H22N2O2S/c1-12-19-15(11-22-12)13-5-7-14(8-6-13)21-10-4-9-17(2,3)16(18)20/h5-8,11H,4,9-10H2,1-3H3,(H2,18,20). The smallest absolute Gasteiger partial charge is 0.223 e. The minimum Gasteiger partial charge on any atom is -0.494 e. The van der Waals surface area contributed by atoms with Crippen molar-refractivity contribution >= 4 is 17.2 Å². The van der Waals surface area contributed by atoms with Crippen LogP contribution >= 0.6 is 11.3 Å². The molecule has 5 heteroatoms. The van der Waals surface area contributed by atoms with Gasteiger partial charge in [-0.25, -0.2) is 4.98 Å². The van der Waals surface area contributed by atoms with Gasteiger partial charge in [0.15, 0.2) is 0 Å². The Balaban J connectivity index is 1.83. The molecule has 0 bridgehead atoms. The Morgan fingerprint density at radius 2 is 2.00 bits per heavy atom. The van der Waals surface area contributed by atoms with Crippen LogP contribution in [0.15, 0.2) is 29.6 Å². The maximum Gasteiger partial charge on any atom is 0.223 e. The maximum atomic E-state index is 11.2. The Morgan fingerprint density at radius 3 is 2.55 bits per heavy atom. The predicted molar refractivity (Wildman–Crippen MR) is 90.0 cm³/mol. The molecule has 0 radical (unpaired) electrons. The number of thiazole rings is 1. The average Bonchev–Trinajstić information content (AvgIpc) is 2.91. The number of hydrogen-bond donors (Lipinski definition) is 1. The zero-order chi connectivity index (χ0) is 16.2. The van der Waals surface area contributed by atoms with Crippen molar-refractivity contribution in [1.82, 2.24) is 4.98 Å². The topological polar surface area (TPSA) is 65.2 Å². The summed E-state index contributed by atoms with van der Waals surface area (Å²) in [7, 11) is 0. The summed E-state index contributed by atoms with van der Waals surface area (Å²) in [6.45, 7) is 6.30. The summed E-state index contributed by atoms with van der Waals surface area (Å²) in [5, 5.41) is 3.12. The number of nitrogens with two attached hydrogens (primary N) is 1. The second-order valence-corrected chi connectivity index (χ2v) is 7.04. The molecule has 1 amide bonds. The van der Waals surface area contributed by atoms with Gasteiger partial charge >= 0.3 is 0 Å². The van der Waals surface area contributed by atoms with Crippen LogP contribution < -0.4 is 10.5 Å². The Labute approximate surface area is 135 Å². The summed E-state index contributed by atoms with van der Waals surface area (Å²) in [5.74, 6) is 0.558. The monoisotopic (exact) mass is 318 g/mol. The van der Waals surface area contributed by atoms with E-state index in [-0.39, 0.29) is 5.91 Å². The molecule has 0 aliphatic heterocycles. The molecule has 4 nitrogen and oxygen atoms in total. The van der Waals surface area contributed by atoms with Gasteiger partial charge in [-0.3, -0.25) is 4.79 Å². The molecule has 0 aliphatic rings. The Hall–Kier alpha value is -1.88. The fourth-order valence-electron chi connectivity index (χ4n) is 2.05. The molecule has 1 heterocycles. The molecule has 0 spiro atoms. The van der Waals surface area contributed by atoms with Crippen molar-refractivity contribution in [3.63, 3.8) is 0 Å². The van der Waals surface area contributed by atoms with E-state index in [2.05, 4.69) is 10.4 Å². The number of primary amides is 1. The lowest BCUT2D eigenvalue weighted by atomic mass is 9.87. The van der Waals surface area contributed by atoms with Gasteiger partial charge < -0.3 is 10.5 Å². The minimum absolute atomic E-state index is 0.268. The molecular weight excluding hydrogens is 296 g/mol. The number of aromatic nitrogens is 1. The molecule has 0 aliphatic carbocycles. The lowest BCUT2D eigenvalue weighted by Crippen LogP contribution is -2.31. The molecule has 2 rings (SSSR count). The third kappa shape index (κ3) is 4.31. The van der Waals surface area contributed by atoms with Crippen molar-refractivity contribution in [3.05, 3.63) is 34.7 Å². The molecule has 22 heavy (non-hydrogen) atoms. The van der Waals surface area contributed by atoms with Crippen molar-refractivity contribution in [3.8, 4) is 17.0 Å². The lowest BCUT2D eigenvalue weighted by molar-refractivity contribution is -0.126. The van der Waals surface area contributed by atoms with Gasteiger partial charge in [-0.15, -0.1) is 11.3 Å². The maximum absolute atomic E-state index is 11.2. The Kier molecular flexibility index (Phi) is 5.19. The number of nitrogens with zero attached hydrogens (tertiary/aromatic N) is 1. The van der Waals surface area contributed by atoms with E-state index < -0.39 is 5.41 Å². The normalized spacial score (nSPS) is 11.4. The number of hydrogen-bond acceptors (Lipinski definition) is 4. The van der Waals surface area contributed by atoms with E-state index in [1.54, 1.807) is 11.3 Å². The molecular formula is C17H22N2O2S. The highest BCUT2D eigenvalue weighted by atomic mass is 32.1. The van der Waals surface area contributed by atoms with Crippen molar-refractivity contribution in [2.24, 2.45) is 11.1 Å². The summed E-state index contributed by atoms with van der Waals surface area (Å²) < 4.78 is 5.71. The van der Waals surface area contributed by atoms with Crippen LogP contribution in [0, 0.1) is 12.3 Å². The number of amides is 1. The third-order valence-corrected chi connectivity index (χ3v) is 4.42. The molecule has 2 N–H and O–H groups in total. The van der Waals surface area contributed by atoms with E-state index in [9.17, 15) is 4.79 Å². The largest absolute Gasteiger partial charge is 0.494 e. The summed E-state index contributed by atoms with van der Waals surface area (Å²) in [5.41, 5.74) is 6.96. The Bertz CT molecular complexity index is 632. The molecule has 0 fully saturated rings. The van der Waals surface area contributed by atoms with Gasteiger partial charge in [0, 0.05) is 16.4 Å². The van der Waals surface area contributed by atoms with Crippen LogP contribution in [0.5, 0.6) is 5.75 Å². The first-order valence-corrected chi connectivity index (χ1v) is 8.22. The fraction of sp³-hybridized carbons (Fsp3) is 0.412. The van der Waals surface area contributed by atoms with E-state index >= 15 is 0 Å². The SMILES string of the molecule is Cc1nc(-c2ccc(OCCCC(C)(C)C(N)=O)cc2)cs1.